The second-order valence-electron chi connectivity index (χ2n) is 11.1. The van der Waals surface area contributed by atoms with Crippen LogP contribution >= 0.6 is 0 Å². The van der Waals surface area contributed by atoms with Crippen molar-refractivity contribution < 1.29 is 51.0 Å². The molecule has 0 saturated carbocycles. The molecular weight excluding hydrogens is 884 g/mol. The molecule has 0 radical (unpaired) electrons. The number of aromatic nitrogens is 5. The molecule has 4 aromatic carbocycles. The van der Waals surface area contributed by atoms with E-state index in [9.17, 15) is 0 Å². The van der Waals surface area contributed by atoms with Crippen molar-refractivity contribution in [2.45, 2.75) is 13.8 Å². The first-order valence-corrected chi connectivity index (χ1v) is 15.0. The Kier molecular flexibility index (Phi) is 10.1. The van der Waals surface area contributed by atoms with E-state index in [1.807, 2.05) is 103 Å². The fraction of sp³-hybridized carbons (Fsp3) is 0.0500. The fourth-order valence-electron chi connectivity index (χ4n) is 5.47. The summed E-state index contributed by atoms with van der Waals surface area (Å²) in [5.41, 5.74) is 7.10. The molecular formula is C40H25N5O2PdPt. The number of aryl methyl sites for hydroxylation is 2. The van der Waals surface area contributed by atoms with Crippen LogP contribution in [0, 0.1) is 38.1 Å². The quantitative estimate of drug-likeness (QED) is 0.117. The number of hydrogen-bond donors (Lipinski definition) is 0. The Bertz CT molecular complexity index is 2270. The summed E-state index contributed by atoms with van der Waals surface area (Å²) in [6.07, 6.45) is 7.01. The molecule has 0 bridgehead atoms. The summed E-state index contributed by atoms with van der Waals surface area (Å²) in [7, 11) is 0. The van der Waals surface area contributed by atoms with Crippen LogP contribution in [0.3, 0.4) is 0 Å². The molecule has 0 amide bonds. The molecule has 9 heteroatoms. The molecule has 0 fully saturated rings. The van der Waals surface area contributed by atoms with Gasteiger partial charge in [-0.05, 0) is 43.4 Å². The van der Waals surface area contributed by atoms with Gasteiger partial charge in [0.15, 0.2) is 0 Å². The Hall–Kier alpha value is -4.99. The van der Waals surface area contributed by atoms with Crippen molar-refractivity contribution >= 4 is 21.8 Å². The summed E-state index contributed by atoms with van der Waals surface area (Å²) < 4.78 is 14.5. The number of fused-ring (bicyclic) bond motifs is 3. The van der Waals surface area contributed by atoms with E-state index in [0.29, 0.717) is 28.9 Å². The molecule has 242 valence electrons. The molecule has 0 aliphatic heterocycles. The van der Waals surface area contributed by atoms with Gasteiger partial charge in [0.1, 0.15) is 0 Å². The molecule has 7 nitrogen and oxygen atoms in total. The minimum Gasteiger partial charge on any atom is -0.503 e. The largest absolute Gasteiger partial charge is 2.00 e. The number of pyridine rings is 2. The van der Waals surface area contributed by atoms with Crippen LogP contribution < -0.4 is 9.47 Å². The number of hydrogen-bond acceptors (Lipinski definition) is 6. The van der Waals surface area contributed by atoms with Crippen LogP contribution in [0.2, 0.25) is 0 Å². The molecule has 0 unspecified atom stereocenters. The smallest absolute Gasteiger partial charge is 0.503 e. The van der Waals surface area contributed by atoms with E-state index in [4.69, 9.17) is 9.47 Å². The topological polar surface area (TPSA) is 75.0 Å². The summed E-state index contributed by atoms with van der Waals surface area (Å²) in [6.45, 7) is 4.08. The Labute approximate surface area is 312 Å². The molecule has 0 saturated heterocycles. The van der Waals surface area contributed by atoms with Crippen molar-refractivity contribution in [1.29, 1.82) is 0 Å². The van der Waals surface area contributed by atoms with Crippen LogP contribution in [0.4, 0.5) is 0 Å². The van der Waals surface area contributed by atoms with Gasteiger partial charge >= 0.3 is 41.5 Å². The Morgan fingerprint density at radius 1 is 0.510 bits per heavy atom. The third kappa shape index (κ3) is 7.09. The van der Waals surface area contributed by atoms with Gasteiger partial charge in [0, 0.05) is 47.8 Å². The summed E-state index contributed by atoms with van der Waals surface area (Å²) in [6, 6.07) is 42.7. The number of rotatable bonds is 7. The van der Waals surface area contributed by atoms with Crippen molar-refractivity contribution in [3.05, 3.63) is 151 Å². The van der Waals surface area contributed by atoms with Gasteiger partial charge in [-0.15, -0.1) is 71.8 Å². The van der Waals surface area contributed by atoms with Gasteiger partial charge in [0.05, 0.1) is 0 Å². The third-order valence-corrected chi connectivity index (χ3v) is 7.65. The van der Waals surface area contributed by atoms with Crippen molar-refractivity contribution in [1.82, 2.24) is 24.5 Å². The molecule has 0 aliphatic rings. The average molecular weight is 909 g/mol. The maximum absolute atomic E-state index is 6.29. The monoisotopic (exact) mass is 908 g/mol. The van der Waals surface area contributed by atoms with Gasteiger partial charge in [-0.3, -0.25) is 0 Å². The van der Waals surface area contributed by atoms with Gasteiger partial charge in [-0.1, -0.05) is 46.4 Å². The minimum absolute atomic E-state index is 0. The SMILES string of the molecule is Cc1ccnc(-c2[c-]c(Oc3[c-]c4c(cc3)c3ccc(Oc5[c-]c(-c6cc(C)ccn6)ccc5)[c-]c3n4-c3ncccn3)ccc2)c1.[Pd+2].[Pt+2]. The zero-order valence-electron chi connectivity index (χ0n) is 26.2. The summed E-state index contributed by atoms with van der Waals surface area (Å²) in [4.78, 5) is 18.1. The molecule has 49 heavy (non-hydrogen) atoms. The van der Waals surface area contributed by atoms with Crippen molar-refractivity contribution in [3.8, 4) is 51.5 Å². The number of nitrogens with zero attached hydrogens (tertiary/aromatic N) is 5. The van der Waals surface area contributed by atoms with E-state index >= 15 is 0 Å². The summed E-state index contributed by atoms with van der Waals surface area (Å²) in [5, 5.41) is 1.90. The van der Waals surface area contributed by atoms with Crippen molar-refractivity contribution in [2.24, 2.45) is 0 Å². The standard InChI is InChI=1S/C40H25N5O2.Pd.Pt/c1-26-14-18-41-36(20-26)28-6-3-8-30(22-28)46-32-10-12-34-35-13-11-33(25-39(35)45(38(34)24-32)40-43-16-5-17-44-40)47-31-9-4-7-29(23-31)37-21-27(2)15-19-42-37;;/h3-21H,1-2H3;;/q-4;2*+2. The van der Waals surface area contributed by atoms with E-state index in [-0.39, 0.29) is 41.5 Å². The maximum atomic E-state index is 6.29. The van der Waals surface area contributed by atoms with Gasteiger partial charge in [-0.25, -0.2) is 9.97 Å². The summed E-state index contributed by atoms with van der Waals surface area (Å²) >= 11 is 0. The van der Waals surface area contributed by atoms with Crippen LogP contribution in [0.5, 0.6) is 23.0 Å². The molecule has 0 aliphatic carbocycles. The van der Waals surface area contributed by atoms with Crippen LogP contribution in [-0.2, 0) is 41.5 Å². The maximum Gasteiger partial charge on any atom is 2.00 e. The van der Waals surface area contributed by atoms with Gasteiger partial charge in [0.25, 0.3) is 0 Å². The van der Waals surface area contributed by atoms with Crippen molar-refractivity contribution in [2.75, 3.05) is 0 Å². The van der Waals surface area contributed by atoms with E-state index in [1.54, 1.807) is 30.9 Å². The van der Waals surface area contributed by atoms with Gasteiger partial charge in [-0.2, -0.15) is 22.9 Å². The number of ether oxygens (including phenoxy) is 2. The number of benzene rings is 4. The van der Waals surface area contributed by atoms with E-state index in [2.05, 4.69) is 44.2 Å². The summed E-state index contributed by atoms with van der Waals surface area (Å²) in [5.74, 6) is 2.64. The first-order chi connectivity index (χ1) is 23.1. The van der Waals surface area contributed by atoms with E-state index in [1.165, 1.54) is 0 Å². The second-order valence-corrected chi connectivity index (χ2v) is 11.1. The Balaban J connectivity index is 0.00000208. The first kappa shape index (κ1) is 33.9. The molecule has 0 spiro atoms. The van der Waals surface area contributed by atoms with Gasteiger partial charge < -0.3 is 24.0 Å². The molecule has 0 N–H and O–H groups in total. The predicted molar refractivity (Wildman–Crippen MR) is 181 cm³/mol. The van der Waals surface area contributed by atoms with E-state index in [0.717, 1.165) is 55.4 Å². The minimum atomic E-state index is 0. The first-order valence-electron chi connectivity index (χ1n) is 15.0. The normalized spacial score (nSPS) is 10.7. The second kappa shape index (κ2) is 14.6. The zero-order chi connectivity index (χ0) is 31.7. The molecule has 8 rings (SSSR count). The zero-order valence-corrected chi connectivity index (χ0v) is 30.0. The Morgan fingerprint density at radius 3 is 1.45 bits per heavy atom. The Morgan fingerprint density at radius 2 is 0.980 bits per heavy atom. The predicted octanol–water partition coefficient (Wildman–Crippen LogP) is 9.09. The van der Waals surface area contributed by atoms with Crippen molar-refractivity contribution in [3.63, 3.8) is 0 Å². The molecule has 4 heterocycles. The molecule has 8 aromatic rings. The van der Waals surface area contributed by atoms with Crippen LogP contribution in [0.1, 0.15) is 11.1 Å². The van der Waals surface area contributed by atoms with Crippen LogP contribution in [-0.4, -0.2) is 24.5 Å². The van der Waals surface area contributed by atoms with Gasteiger partial charge in [0.2, 0.25) is 5.95 Å². The molecule has 0 atom stereocenters. The van der Waals surface area contributed by atoms with Crippen LogP contribution in [0.15, 0.2) is 116 Å². The van der Waals surface area contributed by atoms with Crippen LogP contribution in [0.25, 0.3) is 50.3 Å². The average Bonchev–Trinajstić information content (AvgIpc) is 3.41. The molecule has 4 aromatic heterocycles. The third-order valence-electron chi connectivity index (χ3n) is 7.65. The van der Waals surface area contributed by atoms with E-state index < -0.39 is 0 Å². The fourth-order valence-corrected chi connectivity index (χ4v) is 5.47.